The second-order valence-electron chi connectivity index (χ2n) is 3.64. The molecule has 1 aliphatic rings. The van der Waals surface area contributed by atoms with E-state index in [1.54, 1.807) is 0 Å². The van der Waals surface area contributed by atoms with E-state index in [0.717, 1.165) is 28.6 Å². The van der Waals surface area contributed by atoms with Crippen molar-refractivity contribution >= 4 is 23.2 Å². The van der Waals surface area contributed by atoms with Crippen LogP contribution in [0.25, 0.3) is 0 Å². The second-order valence-corrected chi connectivity index (χ2v) is 4.45. The molecule has 76 valence electrons. The molecule has 0 amide bonds. The summed E-state index contributed by atoms with van der Waals surface area (Å²) >= 11 is 12.3. The van der Waals surface area contributed by atoms with Gasteiger partial charge in [-0.3, -0.25) is 0 Å². The Bertz CT molecular complexity index is 299. The van der Waals surface area contributed by atoms with Gasteiger partial charge in [0.05, 0.1) is 0 Å². The molecule has 0 aliphatic carbocycles. The second kappa shape index (κ2) is 4.52. The predicted molar refractivity (Wildman–Crippen MR) is 61.1 cm³/mol. The quantitative estimate of drug-likeness (QED) is 0.773. The molecule has 0 unspecified atom stereocenters. The highest BCUT2D eigenvalue weighted by Gasteiger charge is 2.19. The first-order valence-electron chi connectivity index (χ1n) is 4.96. The monoisotopic (exact) mass is 229 g/mol. The number of hydrogen-bond acceptors (Lipinski definition) is 1. The third kappa shape index (κ3) is 2.05. The van der Waals surface area contributed by atoms with Gasteiger partial charge in [-0.25, -0.2) is 0 Å². The van der Waals surface area contributed by atoms with Crippen molar-refractivity contribution in [1.29, 1.82) is 0 Å². The average Bonchev–Trinajstić information content (AvgIpc) is 2.19. The minimum atomic E-state index is 0.338. The highest BCUT2D eigenvalue weighted by Crippen LogP contribution is 2.34. The lowest BCUT2D eigenvalue weighted by Crippen LogP contribution is -2.27. The van der Waals surface area contributed by atoms with Crippen molar-refractivity contribution in [3.63, 3.8) is 0 Å². The van der Waals surface area contributed by atoms with E-state index in [2.05, 4.69) is 5.32 Å². The molecule has 0 spiro atoms. The molecule has 1 saturated heterocycles. The van der Waals surface area contributed by atoms with Gasteiger partial charge in [0.2, 0.25) is 0 Å². The van der Waals surface area contributed by atoms with E-state index in [9.17, 15) is 0 Å². The van der Waals surface area contributed by atoms with Crippen LogP contribution in [-0.4, -0.2) is 6.54 Å². The van der Waals surface area contributed by atoms with Gasteiger partial charge in [0.15, 0.2) is 0 Å². The van der Waals surface area contributed by atoms with Crippen LogP contribution < -0.4 is 5.32 Å². The summed E-state index contributed by atoms with van der Waals surface area (Å²) < 4.78 is 0. The Morgan fingerprint density at radius 3 is 2.43 bits per heavy atom. The van der Waals surface area contributed by atoms with E-state index in [-0.39, 0.29) is 0 Å². The number of nitrogens with one attached hydrogen (secondary N) is 1. The molecule has 0 bridgehead atoms. The van der Waals surface area contributed by atoms with Gasteiger partial charge in [0.1, 0.15) is 0 Å². The molecule has 1 nitrogen and oxygen atoms in total. The van der Waals surface area contributed by atoms with Gasteiger partial charge in [0, 0.05) is 21.7 Å². The summed E-state index contributed by atoms with van der Waals surface area (Å²) in [7, 11) is 0. The molecule has 0 saturated carbocycles. The maximum Gasteiger partial charge on any atom is 0.0468 e. The fourth-order valence-electron chi connectivity index (χ4n) is 1.94. The Balaban J connectivity index is 2.29. The van der Waals surface area contributed by atoms with Crippen molar-refractivity contribution in [2.45, 2.75) is 25.3 Å². The van der Waals surface area contributed by atoms with Crippen LogP contribution in [0, 0.1) is 0 Å². The van der Waals surface area contributed by atoms with Crippen LogP contribution >= 0.6 is 23.2 Å². The average molecular weight is 230 g/mol. The highest BCUT2D eigenvalue weighted by molar-refractivity contribution is 6.36. The van der Waals surface area contributed by atoms with Crippen LogP contribution in [0.3, 0.4) is 0 Å². The van der Waals surface area contributed by atoms with Crippen molar-refractivity contribution in [3.05, 3.63) is 33.8 Å². The van der Waals surface area contributed by atoms with Crippen LogP contribution in [-0.2, 0) is 0 Å². The van der Waals surface area contributed by atoms with Gasteiger partial charge in [-0.15, -0.1) is 0 Å². The SMILES string of the molecule is Clc1cccc(Cl)c1[C@@H]1CCCCN1. The topological polar surface area (TPSA) is 12.0 Å². The zero-order valence-electron chi connectivity index (χ0n) is 7.89. The molecule has 3 heteroatoms. The van der Waals surface area contributed by atoms with Crippen molar-refractivity contribution in [1.82, 2.24) is 5.32 Å². The molecule has 1 aliphatic heterocycles. The van der Waals surface area contributed by atoms with Crippen LogP contribution in [0.2, 0.25) is 10.0 Å². The summed E-state index contributed by atoms with van der Waals surface area (Å²) in [6.45, 7) is 1.06. The van der Waals surface area contributed by atoms with Crippen LogP contribution in [0.1, 0.15) is 30.9 Å². The Morgan fingerprint density at radius 2 is 1.86 bits per heavy atom. The third-order valence-electron chi connectivity index (χ3n) is 2.66. The van der Waals surface area contributed by atoms with Crippen molar-refractivity contribution in [2.24, 2.45) is 0 Å². The smallest absolute Gasteiger partial charge is 0.0468 e. The summed E-state index contributed by atoms with van der Waals surface area (Å²) in [5.74, 6) is 0. The van der Waals surface area contributed by atoms with E-state index in [4.69, 9.17) is 23.2 Å². The summed E-state index contributed by atoms with van der Waals surface area (Å²) in [4.78, 5) is 0. The van der Waals surface area contributed by atoms with Crippen LogP contribution in [0.4, 0.5) is 0 Å². The van der Waals surface area contributed by atoms with Crippen molar-refractivity contribution in [2.75, 3.05) is 6.54 Å². The minimum Gasteiger partial charge on any atom is -0.310 e. The maximum atomic E-state index is 6.14. The number of halogens is 2. The number of piperidine rings is 1. The highest BCUT2D eigenvalue weighted by atomic mass is 35.5. The van der Waals surface area contributed by atoms with E-state index in [1.165, 1.54) is 12.8 Å². The van der Waals surface area contributed by atoms with E-state index >= 15 is 0 Å². The lowest BCUT2D eigenvalue weighted by Gasteiger charge is -2.25. The van der Waals surface area contributed by atoms with E-state index in [0.29, 0.717) is 6.04 Å². The number of rotatable bonds is 1. The van der Waals surface area contributed by atoms with Crippen LogP contribution in [0.15, 0.2) is 18.2 Å². The third-order valence-corrected chi connectivity index (χ3v) is 3.32. The van der Waals surface area contributed by atoms with Crippen molar-refractivity contribution in [3.8, 4) is 0 Å². The predicted octanol–water partition coefficient (Wildman–Crippen LogP) is 3.81. The molecule has 0 aromatic heterocycles. The molecule has 1 N–H and O–H groups in total. The first-order valence-corrected chi connectivity index (χ1v) is 5.72. The zero-order chi connectivity index (χ0) is 9.97. The fraction of sp³-hybridized carbons (Fsp3) is 0.455. The van der Waals surface area contributed by atoms with E-state index < -0.39 is 0 Å². The Kier molecular flexibility index (Phi) is 3.32. The number of hydrogen-bond donors (Lipinski definition) is 1. The zero-order valence-corrected chi connectivity index (χ0v) is 9.41. The standard InChI is InChI=1S/C11H13Cl2N/c12-8-4-3-5-9(13)11(8)10-6-1-2-7-14-10/h3-5,10,14H,1-2,6-7H2/t10-/m0/s1. The summed E-state index contributed by atoms with van der Waals surface area (Å²) in [5.41, 5.74) is 1.07. The fourth-order valence-corrected chi connectivity index (χ4v) is 2.60. The van der Waals surface area contributed by atoms with Crippen molar-refractivity contribution < 1.29 is 0 Å². The lowest BCUT2D eigenvalue weighted by atomic mass is 9.97. The molecule has 14 heavy (non-hydrogen) atoms. The minimum absolute atomic E-state index is 0.338. The molecule has 1 fully saturated rings. The summed E-state index contributed by atoms with van der Waals surface area (Å²) in [6.07, 6.45) is 3.63. The van der Waals surface area contributed by atoms with Crippen LogP contribution in [0.5, 0.6) is 0 Å². The number of benzene rings is 1. The molecular weight excluding hydrogens is 217 g/mol. The molecule has 1 aromatic carbocycles. The van der Waals surface area contributed by atoms with Gasteiger partial charge in [-0.1, -0.05) is 35.7 Å². The first-order chi connectivity index (χ1) is 6.79. The molecule has 2 rings (SSSR count). The van der Waals surface area contributed by atoms with Gasteiger partial charge < -0.3 is 5.32 Å². The maximum absolute atomic E-state index is 6.14. The van der Waals surface area contributed by atoms with Gasteiger partial charge in [0.25, 0.3) is 0 Å². The lowest BCUT2D eigenvalue weighted by molar-refractivity contribution is 0.412. The summed E-state index contributed by atoms with van der Waals surface area (Å²) in [6, 6.07) is 6.03. The normalized spacial score (nSPS) is 22.3. The molecular formula is C11H13Cl2N. The van der Waals surface area contributed by atoms with Gasteiger partial charge >= 0.3 is 0 Å². The Hall–Kier alpha value is -0.240. The Labute approximate surface area is 94.4 Å². The largest absolute Gasteiger partial charge is 0.310 e. The summed E-state index contributed by atoms with van der Waals surface area (Å²) in [5, 5.41) is 5.00. The Morgan fingerprint density at radius 1 is 1.14 bits per heavy atom. The molecule has 1 aromatic rings. The van der Waals surface area contributed by atoms with Gasteiger partial charge in [-0.05, 0) is 31.5 Å². The first kappa shape index (κ1) is 10.3. The molecule has 1 heterocycles. The van der Waals surface area contributed by atoms with E-state index in [1.807, 2.05) is 18.2 Å². The molecule has 0 radical (unpaired) electrons. The van der Waals surface area contributed by atoms with Gasteiger partial charge in [-0.2, -0.15) is 0 Å². The molecule has 1 atom stereocenters.